The predicted octanol–water partition coefficient (Wildman–Crippen LogP) is 4.94. The molecule has 0 bridgehead atoms. The van der Waals surface area contributed by atoms with E-state index in [1.807, 2.05) is 0 Å². The highest BCUT2D eigenvalue weighted by molar-refractivity contribution is 5.14. The van der Waals surface area contributed by atoms with Crippen molar-refractivity contribution >= 4 is 0 Å². The van der Waals surface area contributed by atoms with Crippen LogP contribution in [0, 0.1) is 46.3 Å². The van der Waals surface area contributed by atoms with Crippen LogP contribution in [0.5, 0.6) is 0 Å². The van der Waals surface area contributed by atoms with Crippen LogP contribution in [-0.4, -0.2) is 33.6 Å². The van der Waals surface area contributed by atoms with Gasteiger partial charge in [0.05, 0.1) is 18.3 Å². The first kappa shape index (κ1) is 21.8. The Labute approximate surface area is 178 Å². The van der Waals surface area contributed by atoms with Crippen molar-refractivity contribution in [2.45, 2.75) is 104 Å². The van der Waals surface area contributed by atoms with Crippen LogP contribution in [0.2, 0.25) is 0 Å². The Bertz CT molecular complexity index is 631. The first-order valence-electron chi connectivity index (χ1n) is 12.3. The molecule has 0 aromatic carbocycles. The van der Waals surface area contributed by atoms with E-state index >= 15 is 0 Å². The van der Waals surface area contributed by atoms with Crippen molar-refractivity contribution in [3.63, 3.8) is 0 Å². The number of fused-ring (bicyclic) bond motifs is 5. The van der Waals surface area contributed by atoms with Crippen LogP contribution >= 0.6 is 0 Å². The van der Waals surface area contributed by atoms with E-state index in [2.05, 4.69) is 34.3 Å². The van der Waals surface area contributed by atoms with Gasteiger partial charge in [-0.25, -0.2) is 0 Å². The molecule has 4 rings (SSSR count). The first-order valence-corrected chi connectivity index (χ1v) is 12.3. The zero-order valence-electron chi connectivity index (χ0n) is 19.1. The van der Waals surface area contributed by atoms with Gasteiger partial charge in [0.1, 0.15) is 0 Å². The van der Waals surface area contributed by atoms with Gasteiger partial charge in [-0.2, -0.15) is 0 Å². The van der Waals surface area contributed by atoms with Crippen LogP contribution in [0.15, 0.2) is 12.2 Å². The van der Waals surface area contributed by atoms with Crippen molar-refractivity contribution in [2.24, 2.45) is 46.3 Å². The number of rotatable bonds is 4. The summed E-state index contributed by atoms with van der Waals surface area (Å²) >= 11 is 0. The molecule has 0 saturated heterocycles. The van der Waals surface area contributed by atoms with Crippen molar-refractivity contribution in [3.8, 4) is 0 Å². The van der Waals surface area contributed by atoms with Gasteiger partial charge in [0.15, 0.2) is 0 Å². The van der Waals surface area contributed by atoms with E-state index in [9.17, 15) is 15.3 Å². The highest BCUT2D eigenvalue weighted by atomic mass is 16.3. The minimum absolute atomic E-state index is 0.0754. The zero-order chi connectivity index (χ0) is 21.1. The summed E-state index contributed by atoms with van der Waals surface area (Å²) in [5, 5.41) is 33.1. The molecule has 0 amide bonds. The average Bonchev–Trinajstić information content (AvgIpc) is 3.01. The fourth-order valence-corrected chi connectivity index (χ4v) is 8.81. The van der Waals surface area contributed by atoms with E-state index < -0.39 is 0 Å². The molecule has 0 radical (unpaired) electrons. The second-order valence-corrected chi connectivity index (χ2v) is 12.0. The van der Waals surface area contributed by atoms with Crippen molar-refractivity contribution < 1.29 is 15.3 Å². The second-order valence-electron chi connectivity index (χ2n) is 12.0. The van der Waals surface area contributed by atoms with E-state index in [1.54, 1.807) is 0 Å². The molecule has 4 aliphatic carbocycles. The third kappa shape index (κ3) is 3.34. The summed E-state index contributed by atoms with van der Waals surface area (Å²) in [5.74, 6) is 2.65. The molecule has 0 heterocycles. The van der Waals surface area contributed by atoms with Crippen molar-refractivity contribution in [1.82, 2.24) is 0 Å². The largest absolute Gasteiger partial charge is 0.393 e. The topological polar surface area (TPSA) is 60.7 Å². The Morgan fingerprint density at radius 3 is 2.45 bits per heavy atom. The molecule has 0 spiro atoms. The standard InChI is InChI=1S/C26H44O3/c1-15(2)6-7-16(3)19-8-9-20-24-21(14-23(29)26(19,20)5)25(4)11-10-18(27)12-17(25)13-22(24)28/h16-24,27-29H,1,6-14H2,2-5H3. The minimum atomic E-state index is -0.275. The summed E-state index contributed by atoms with van der Waals surface area (Å²) in [6, 6.07) is 0. The fourth-order valence-electron chi connectivity index (χ4n) is 8.81. The monoisotopic (exact) mass is 404 g/mol. The average molecular weight is 405 g/mol. The van der Waals surface area contributed by atoms with Crippen molar-refractivity contribution in [3.05, 3.63) is 12.2 Å². The number of aliphatic hydroxyl groups is 3. The highest BCUT2D eigenvalue weighted by Gasteiger charge is 2.65. The highest BCUT2D eigenvalue weighted by Crippen LogP contribution is 2.68. The van der Waals surface area contributed by atoms with Crippen molar-refractivity contribution in [2.75, 3.05) is 0 Å². The maximum atomic E-state index is 11.6. The van der Waals surface area contributed by atoms with E-state index in [-0.39, 0.29) is 29.1 Å². The van der Waals surface area contributed by atoms with Gasteiger partial charge < -0.3 is 15.3 Å². The summed E-state index contributed by atoms with van der Waals surface area (Å²) in [5.41, 5.74) is 1.34. The van der Waals surface area contributed by atoms with Gasteiger partial charge in [0, 0.05) is 0 Å². The van der Waals surface area contributed by atoms with Crippen LogP contribution in [0.3, 0.4) is 0 Å². The van der Waals surface area contributed by atoms with Gasteiger partial charge in [-0.05, 0) is 111 Å². The normalized spacial score (nSPS) is 52.9. The van der Waals surface area contributed by atoms with Gasteiger partial charge in [-0.15, -0.1) is 6.58 Å². The van der Waals surface area contributed by atoms with E-state index in [4.69, 9.17) is 0 Å². The van der Waals surface area contributed by atoms with E-state index in [1.165, 1.54) is 12.0 Å². The van der Waals surface area contributed by atoms with Gasteiger partial charge in [-0.1, -0.05) is 26.3 Å². The third-order valence-corrected chi connectivity index (χ3v) is 10.5. The fraction of sp³-hybridized carbons (Fsp3) is 0.923. The third-order valence-electron chi connectivity index (χ3n) is 10.5. The summed E-state index contributed by atoms with van der Waals surface area (Å²) in [7, 11) is 0. The molecule has 0 aromatic heterocycles. The molecule has 3 nitrogen and oxygen atoms in total. The molecule has 0 aromatic rings. The van der Waals surface area contributed by atoms with Crippen molar-refractivity contribution in [1.29, 1.82) is 0 Å². The van der Waals surface area contributed by atoms with Crippen LogP contribution < -0.4 is 0 Å². The predicted molar refractivity (Wildman–Crippen MR) is 117 cm³/mol. The number of hydrogen-bond acceptors (Lipinski definition) is 3. The van der Waals surface area contributed by atoms with Gasteiger partial charge in [0.2, 0.25) is 0 Å². The Balaban J connectivity index is 1.61. The smallest absolute Gasteiger partial charge is 0.0602 e. The van der Waals surface area contributed by atoms with Crippen LogP contribution in [-0.2, 0) is 0 Å². The van der Waals surface area contributed by atoms with Gasteiger partial charge in [-0.3, -0.25) is 0 Å². The summed E-state index contributed by atoms with van der Waals surface area (Å²) in [6.07, 6.45) is 8.24. The zero-order valence-corrected chi connectivity index (χ0v) is 19.1. The molecule has 4 fully saturated rings. The Morgan fingerprint density at radius 1 is 1.03 bits per heavy atom. The van der Waals surface area contributed by atoms with Gasteiger partial charge >= 0.3 is 0 Å². The van der Waals surface area contributed by atoms with E-state index in [0.29, 0.717) is 35.5 Å². The molecule has 4 aliphatic rings. The maximum Gasteiger partial charge on any atom is 0.0602 e. The lowest BCUT2D eigenvalue weighted by Crippen LogP contribution is -2.62. The summed E-state index contributed by atoms with van der Waals surface area (Å²) in [4.78, 5) is 0. The molecule has 29 heavy (non-hydrogen) atoms. The Morgan fingerprint density at radius 2 is 1.76 bits per heavy atom. The number of aliphatic hydroxyl groups excluding tert-OH is 3. The lowest BCUT2D eigenvalue weighted by Gasteiger charge is -2.63. The lowest BCUT2D eigenvalue weighted by molar-refractivity contribution is -0.207. The first-order chi connectivity index (χ1) is 13.6. The minimum Gasteiger partial charge on any atom is -0.393 e. The quantitative estimate of drug-likeness (QED) is 0.582. The molecule has 4 saturated carbocycles. The summed E-state index contributed by atoms with van der Waals surface area (Å²) in [6.45, 7) is 13.3. The number of hydrogen-bond donors (Lipinski definition) is 3. The van der Waals surface area contributed by atoms with Crippen LogP contribution in [0.4, 0.5) is 0 Å². The SMILES string of the molecule is C=C(C)CCC(C)C1CCC2C3C(O)CC4CC(O)CCC4(C)C3CC(O)C12C. The second kappa shape index (κ2) is 7.64. The van der Waals surface area contributed by atoms with Crippen LogP contribution in [0.1, 0.15) is 85.5 Å². The molecule has 11 atom stereocenters. The number of allylic oxidation sites excluding steroid dienone is 1. The van der Waals surface area contributed by atoms with Gasteiger partial charge in [0.25, 0.3) is 0 Å². The molecule has 0 aliphatic heterocycles. The lowest BCUT2D eigenvalue weighted by atomic mass is 9.43. The molecular formula is C26H44O3. The maximum absolute atomic E-state index is 11.6. The molecule has 3 heteroatoms. The Kier molecular flexibility index (Phi) is 5.75. The molecule has 11 unspecified atom stereocenters. The summed E-state index contributed by atoms with van der Waals surface area (Å²) < 4.78 is 0. The van der Waals surface area contributed by atoms with E-state index in [0.717, 1.165) is 51.4 Å². The molecular weight excluding hydrogens is 360 g/mol. The molecule has 166 valence electrons. The Hall–Kier alpha value is -0.380. The molecule has 3 N–H and O–H groups in total. The van der Waals surface area contributed by atoms with Crippen LogP contribution in [0.25, 0.3) is 0 Å².